The van der Waals surface area contributed by atoms with E-state index in [1.54, 1.807) is 24.1 Å². The third-order valence-electron chi connectivity index (χ3n) is 4.84. The Hall–Kier alpha value is -3.48. The van der Waals surface area contributed by atoms with E-state index in [1.165, 1.54) is 17.7 Å². The van der Waals surface area contributed by atoms with Crippen molar-refractivity contribution >= 4 is 16.8 Å². The monoisotopic (exact) mass is 392 g/mol. The number of aromatic amines is 1. The second-order valence-corrected chi connectivity index (χ2v) is 7.16. The number of hydrogen-bond donors (Lipinski definition) is 1. The van der Waals surface area contributed by atoms with Crippen LogP contribution in [0.3, 0.4) is 0 Å². The minimum Gasteiger partial charge on any atom is -0.351 e. The molecule has 0 unspecified atom stereocenters. The Labute approximate surface area is 167 Å². The van der Waals surface area contributed by atoms with Crippen LogP contribution in [0.1, 0.15) is 17.0 Å². The molecule has 0 radical (unpaired) electrons. The van der Waals surface area contributed by atoms with Crippen molar-refractivity contribution in [3.8, 4) is 11.6 Å². The second kappa shape index (κ2) is 7.87. The first-order chi connectivity index (χ1) is 14.0. The van der Waals surface area contributed by atoms with E-state index in [4.69, 9.17) is 4.52 Å². The molecule has 6 nitrogen and oxygen atoms in total. The molecule has 0 aliphatic carbocycles. The Morgan fingerprint density at radius 1 is 1.17 bits per heavy atom. The molecule has 148 valence electrons. The number of H-pyrrole nitrogens is 1. The summed E-state index contributed by atoms with van der Waals surface area (Å²) in [6, 6.07) is 14.1. The molecule has 0 aliphatic heterocycles. The van der Waals surface area contributed by atoms with Gasteiger partial charge in [0.25, 0.3) is 5.89 Å². The first-order valence-corrected chi connectivity index (χ1v) is 9.39. The van der Waals surface area contributed by atoms with Gasteiger partial charge < -0.3 is 14.4 Å². The van der Waals surface area contributed by atoms with Gasteiger partial charge >= 0.3 is 0 Å². The molecule has 2 aromatic carbocycles. The summed E-state index contributed by atoms with van der Waals surface area (Å²) in [6.45, 7) is 2.51. The molecular weight excluding hydrogens is 371 g/mol. The minimum absolute atomic E-state index is 0.0497. The van der Waals surface area contributed by atoms with E-state index in [0.717, 1.165) is 22.2 Å². The fourth-order valence-corrected chi connectivity index (χ4v) is 3.14. The van der Waals surface area contributed by atoms with Gasteiger partial charge in [-0.15, -0.1) is 0 Å². The molecule has 2 aromatic heterocycles. The lowest BCUT2D eigenvalue weighted by atomic mass is 10.1. The summed E-state index contributed by atoms with van der Waals surface area (Å²) in [5, 5.41) is 5.11. The molecule has 2 heterocycles. The summed E-state index contributed by atoms with van der Waals surface area (Å²) >= 11 is 0. The number of nitrogens with zero attached hydrogens (tertiary/aromatic N) is 3. The van der Waals surface area contributed by atoms with Crippen molar-refractivity contribution in [2.45, 2.75) is 19.8 Å². The average Bonchev–Trinajstić information content (AvgIpc) is 3.34. The Bertz CT molecular complexity index is 1150. The van der Waals surface area contributed by atoms with Crippen molar-refractivity contribution < 1.29 is 13.7 Å². The highest BCUT2D eigenvalue weighted by Crippen LogP contribution is 2.23. The van der Waals surface area contributed by atoms with Crippen LogP contribution in [0.15, 0.2) is 53.1 Å². The van der Waals surface area contributed by atoms with Crippen molar-refractivity contribution in [1.29, 1.82) is 0 Å². The van der Waals surface area contributed by atoms with Crippen molar-refractivity contribution in [1.82, 2.24) is 20.0 Å². The van der Waals surface area contributed by atoms with E-state index in [1.807, 2.05) is 25.1 Å². The number of hydrogen-bond acceptors (Lipinski definition) is 4. The third kappa shape index (κ3) is 4.34. The third-order valence-corrected chi connectivity index (χ3v) is 4.84. The van der Waals surface area contributed by atoms with Gasteiger partial charge in [-0.25, -0.2) is 4.39 Å². The van der Waals surface area contributed by atoms with E-state index in [-0.39, 0.29) is 18.1 Å². The van der Waals surface area contributed by atoms with Crippen LogP contribution in [-0.2, 0) is 17.6 Å². The lowest BCUT2D eigenvalue weighted by Gasteiger charge is -2.16. The zero-order chi connectivity index (χ0) is 20.4. The zero-order valence-electron chi connectivity index (χ0n) is 16.3. The van der Waals surface area contributed by atoms with Crippen LogP contribution in [0.5, 0.6) is 0 Å². The van der Waals surface area contributed by atoms with Gasteiger partial charge in [-0.3, -0.25) is 4.79 Å². The van der Waals surface area contributed by atoms with E-state index in [0.29, 0.717) is 24.7 Å². The maximum absolute atomic E-state index is 13.0. The van der Waals surface area contributed by atoms with Crippen LogP contribution in [0.4, 0.5) is 4.39 Å². The molecule has 0 spiro atoms. The van der Waals surface area contributed by atoms with Crippen molar-refractivity contribution in [2.24, 2.45) is 0 Å². The Kier molecular flexibility index (Phi) is 5.12. The van der Waals surface area contributed by atoms with Gasteiger partial charge in [0.1, 0.15) is 11.5 Å². The van der Waals surface area contributed by atoms with Gasteiger partial charge in [0, 0.05) is 30.9 Å². The Morgan fingerprint density at radius 3 is 2.76 bits per heavy atom. The number of fused-ring (bicyclic) bond motifs is 1. The SMILES string of the molecule is Cc1ccc2[nH]c(-c3nc(CCN(C)C(=O)Cc4ccc(F)cc4)no3)cc2c1. The van der Waals surface area contributed by atoms with Crippen LogP contribution in [-0.4, -0.2) is 39.5 Å². The fourth-order valence-electron chi connectivity index (χ4n) is 3.14. The Balaban J connectivity index is 1.37. The average molecular weight is 392 g/mol. The van der Waals surface area contributed by atoms with Crippen LogP contribution in [0, 0.1) is 12.7 Å². The number of nitrogens with one attached hydrogen (secondary N) is 1. The smallest absolute Gasteiger partial charge is 0.274 e. The molecule has 0 aliphatic rings. The predicted octanol–water partition coefficient (Wildman–Crippen LogP) is 3.91. The summed E-state index contributed by atoms with van der Waals surface area (Å²) in [6.07, 6.45) is 0.706. The van der Waals surface area contributed by atoms with Gasteiger partial charge in [0.05, 0.1) is 6.42 Å². The van der Waals surface area contributed by atoms with Crippen LogP contribution in [0.25, 0.3) is 22.5 Å². The molecule has 0 fully saturated rings. The second-order valence-electron chi connectivity index (χ2n) is 7.16. The summed E-state index contributed by atoms with van der Waals surface area (Å²) in [5.41, 5.74) is 3.74. The first-order valence-electron chi connectivity index (χ1n) is 9.39. The highest BCUT2D eigenvalue weighted by atomic mass is 19.1. The number of amides is 1. The van der Waals surface area contributed by atoms with Gasteiger partial charge in [-0.05, 0) is 42.8 Å². The first kappa shape index (κ1) is 18.9. The van der Waals surface area contributed by atoms with E-state index in [2.05, 4.69) is 21.2 Å². The van der Waals surface area contributed by atoms with Gasteiger partial charge in [0.2, 0.25) is 5.91 Å². The predicted molar refractivity (Wildman–Crippen MR) is 108 cm³/mol. The van der Waals surface area contributed by atoms with Gasteiger partial charge in [0.15, 0.2) is 5.82 Å². The molecule has 0 bridgehead atoms. The summed E-state index contributed by atoms with van der Waals surface area (Å²) < 4.78 is 18.4. The molecule has 1 N–H and O–H groups in total. The van der Waals surface area contributed by atoms with E-state index >= 15 is 0 Å². The van der Waals surface area contributed by atoms with Crippen molar-refractivity contribution in [3.05, 3.63) is 71.3 Å². The topological polar surface area (TPSA) is 75.0 Å². The lowest BCUT2D eigenvalue weighted by molar-refractivity contribution is -0.129. The molecule has 0 saturated carbocycles. The number of likely N-dealkylation sites (N-methyl/N-ethyl adjacent to an activating group) is 1. The van der Waals surface area contributed by atoms with Gasteiger partial charge in [-0.1, -0.05) is 28.9 Å². The molecule has 4 aromatic rings. The fraction of sp³-hybridized carbons (Fsp3) is 0.227. The highest BCUT2D eigenvalue weighted by molar-refractivity contribution is 5.85. The molecule has 1 amide bonds. The molecule has 29 heavy (non-hydrogen) atoms. The summed E-state index contributed by atoms with van der Waals surface area (Å²) in [4.78, 5) is 21.7. The van der Waals surface area contributed by atoms with Gasteiger partial charge in [-0.2, -0.15) is 4.98 Å². The van der Waals surface area contributed by atoms with Crippen molar-refractivity contribution in [3.63, 3.8) is 0 Å². The largest absolute Gasteiger partial charge is 0.351 e. The quantitative estimate of drug-likeness (QED) is 0.540. The minimum atomic E-state index is -0.312. The van der Waals surface area contributed by atoms with Crippen LogP contribution < -0.4 is 0 Å². The summed E-state index contributed by atoms with van der Waals surface area (Å²) in [7, 11) is 1.73. The molecule has 0 saturated heterocycles. The number of aryl methyl sites for hydroxylation is 1. The molecule has 7 heteroatoms. The Morgan fingerprint density at radius 2 is 1.97 bits per heavy atom. The van der Waals surface area contributed by atoms with Crippen LogP contribution in [0.2, 0.25) is 0 Å². The van der Waals surface area contributed by atoms with E-state index < -0.39 is 0 Å². The summed E-state index contributed by atoms with van der Waals surface area (Å²) in [5.74, 6) is 0.601. The van der Waals surface area contributed by atoms with E-state index in [9.17, 15) is 9.18 Å². The number of aromatic nitrogens is 3. The molecular formula is C22H21FN4O2. The molecule has 4 rings (SSSR count). The van der Waals surface area contributed by atoms with Crippen LogP contribution >= 0.6 is 0 Å². The van der Waals surface area contributed by atoms with Crippen molar-refractivity contribution in [2.75, 3.05) is 13.6 Å². The lowest BCUT2D eigenvalue weighted by Crippen LogP contribution is -2.30. The highest BCUT2D eigenvalue weighted by Gasteiger charge is 2.14. The number of carbonyl (C=O) groups is 1. The zero-order valence-corrected chi connectivity index (χ0v) is 16.3. The number of benzene rings is 2. The normalized spacial score (nSPS) is 11.1. The molecule has 0 atom stereocenters. The number of halogens is 1. The maximum Gasteiger partial charge on any atom is 0.274 e. The number of carbonyl (C=O) groups excluding carboxylic acids is 1. The standard InChI is InChI=1S/C22H21FN4O2/c1-14-3-8-18-16(11-14)13-19(24-18)22-25-20(26-29-22)9-10-27(2)21(28)12-15-4-6-17(23)7-5-15/h3-8,11,13,24H,9-10,12H2,1-2H3. The number of rotatable bonds is 6. The maximum atomic E-state index is 13.0.